The molecule has 0 amide bonds. The lowest BCUT2D eigenvalue weighted by molar-refractivity contribution is 0.669. The first-order valence-electron chi connectivity index (χ1n) is 17.2. The summed E-state index contributed by atoms with van der Waals surface area (Å²) in [6.45, 7) is 0. The first-order valence-corrected chi connectivity index (χ1v) is 19.1. The third kappa shape index (κ3) is 4.26. The second-order valence-corrected chi connectivity index (χ2v) is 14.8. The Kier molecular flexibility index (Phi) is 6.36. The van der Waals surface area contributed by atoms with Crippen LogP contribution in [0.2, 0.25) is 0 Å². The van der Waals surface area contributed by atoms with Crippen molar-refractivity contribution in [3.8, 4) is 44.5 Å². The maximum absolute atomic E-state index is 6.66. The minimum Gasteiger partial charge on any atom is -0.456 e. The van der Waals surface area contributed by atoms with Crippen LogP contribution in [0.1, 0.15) is 0 Å². The van der Waals surface area contributed by atoms with E-state index >= 15 is 0 Å². The number of benzene rings is 8. The van der Waals surface area contributed by atoms with Gasteiger partial charge in [0.15, 0.2) is 0 Å². The van der Waals surface area contributed by atoms with Gasteiger partial charge in [0.05, 0.1) is 0 Å². The zero-order valence-electron chi connectivity index (χ0n) is 27.4. The Morgan fingerprint density at radius 3 is 1.24 bits per heavy atom. The van der Waals surface area contributed by atoms with E-state index in [1.165, 1.54) is 87.6 Å². The minimum absolute atomic E-state index is 0.896. The molecule has 8 aromatic carbocycles. The van der Waals surface area contributed by atoms with Gasteiger partial charge < -0.3 is 4.42 Å². The number of thiophene rings is 2. The minimum atomic E-state index is 0.896. The molecule has 0 fully saturated rings. The Morgan fingerprint density at radius 1 is 0.333 bits per heavy atom. The summed E-state index contributed by atoms with van der Waals surface area (Å²) in [5.41, 5.74) is 11.8. The van der Waals surface area contributed by atoms with Crippen LogP contribution < -0.4 is 0 Å². The molecule has 1 nitrogen and oxygen atoms in total. The van der Waals surface area contributed by atoms with Crippen LogP contribution in [0.3, 0.4) is 0 Å². The van der Waals surface area contributed by atoms with E-state index < -0.39 is 0 Å². The standard InChI is InChI=1S/C48H28OS2/c1-3-12-34-32(10-1)44(33-11-2-4-13-35(33)45(34)30-22-24-50-27-30)29-20-21-42-41(26-29)48-40(18-9-19-43(48)49-42)47-38-16-7-5-14-36(38)46(31-23-25-51-28-31)37-15-6-8-17-39(37)47/h1-28H. The fourth-order valence-corrected chi connectivity index (χ4v) is 9.78. The summed E-state index contributed by atoms with van der Waals surface area (Å²) in [5.74, 6) is 0. The van der Waals surface area contributed by atoms with Gasteiger partial charge >= 0.3 is 0 Å². The van der Waals surface area contributed by atoms with Gasteiger partial charge in [-0.1, -0.05) is 115 Å². The smallest absolute Gasteiger partial charge is 0.136 e. The molecular weight excluding hydrogens is 657 g/mol. The predicted octanol–water partition coefficient (Wildman–Crippen LogP) is 15.0. The molecule has 3 heteroatoms. The van der Waals surface area contributed by atoms with Crippen molar-refractivity contribution in [2.75, 3.05) is 0 Å². The summed E-state index contributed by atoms with van der Waals surface area (Å²) in [7, 11) is 0. The summed E-state index contributed by atoms with van der Waals surface area (Å²) < 4.78 is 6.66. The maximum Gasteiger partial charge on any atom is 0.136 e. The zero-order valence-corrected chi connectivity index (χ0v) is 29.0. The normalized spacial score (nSPS) is 11.9. The first-order chi connectivity index (χ1) is 25.3. The van der Waals surface area contributed by atoms with Crippen LogP contribution in [0, 0.1) is 0 Å². The van der Waals surface area contributed by atoms with Crippen molar-refractivity contribution >= 4 is 87.7 Å². The predicted molar refractivity (Wildman–Crippen MR) is 221 cm³/mol. The van der Waals surface area contributed by atoms with Crippen LogP contribution >= 0.6 is 22.7 Å². The van der Waals surface area contributed by atoms with Crippen molar-refractivity contribution in [2.24, 2.45) is 0 Å². The molecule has 0 spiro atoms. The molecule has 3 aromatic heterocycles. The first kappa shape index (κ1) is 28.8. The number of hydrogen-bond acceptors (Lipinski definition) is 3. The Labute approximate surface area is 302 Å². The molecule has 51 heavy (non-hydrogen) atoms. The molecule has 0 atom stereocenters. The molecule has 3 heterocycles. The van der Waals surface area contributed by atoms with Gasteiger partial charge in [0, 0.05) is 10.8 Å². The quantitative estimate of drug-likeness (QED) is 0.168. The fraction of sp³-hybridized carbons (Fsp3) is 0. The number of furan rings is 1. The van der Waals surface area contributed by atoms with Crippen LogP contribution in [-0.4, -0.2) is 0 Å². The molecule has 11 rings (SSSR count). The van der Waals surface area contributed by atoms with E-state index in [1.807, 2.05) is 0 Å². The average Bonchev–Trinajstić information content (AvgIpc) is 3.98. The van der Waals surface area contributed by atoms with E-state index in [1.54, 1.807) is 22.7 Å². The van der Waals surface area contributed by atoms with E-state index in [4.69, 9.17) is 4.42 Å². The fourth-order valence-electron chi connectivity index (χ4n) is 8.48. The molecule has 0 aliphatic carbocycles. The highest BCUT2D eigenvalue weighted by Crippen LogP contribution is 2.49. The van der Waals surface area contributed by atoms with Crippen LogP contribution in [0.25, 0.3) is 110 Å². The number of hydrogen-bond donors (Lipinski definition) is 0. The molecule has 0 N–H and O–H groups in total. The Hall–Kier alpha value is -6.00. The second-order valence-electron chi connectivity index (χ2n) is 13.2. The van der Waals surface area contributed by atoms with Gasteiger partial charge in [-0.15, -0.1) is 0 Å². The van der Waals surface area contributed by atoms with E-state index in [0.717, 1.165) is 21.9 Å². The molecule has 0 saturated carbocycles. The lowest BCUT2D eigenvalue weighted by Crippen LogP contribution is -1.91. The van der Waals surface area contributed by atoms with E-state index in [-0.39, 0.29) is 0 Å². The lowest BCUT2D eigenvalue weighted by atomic mass is 9.85. The Morgan fingerprint density at radius 2 is 0.784 bits per heavy atom. The summed E-state index contributed by atoms with van der Waals surface area (Å²) >= 11 is 3.49. The van der Waals surface area contributed by atoms with E-state index in [0.29, 0.717) is 0 Å². The molecule has 0 saturated heterocycles. The largest absolute Gasteiger partial charge is 0.456 e. The van der Waals surface area contributed by atoms with Crippen LogP contribution in [-0.2, 0) is 0 Å². The van der Waals surface area contributed by atoms with Gasteiger partial charge in [-0.2, -0.15) is 22.7 Å². The third-order valence-electron chi connectivity index (χ3n) is 10.5. The lowest BCUT2D eigenvalue weighted by Gasteiger charge is -2.18. The van der Waals surface area contributed by atoms with Crippen molar-refractivity contribution in [3.63, 3.8) is 0 Å². The number of fused-ring (bicyclic) bond motifs is 7. The van der Waals surface area contributed by atoms with Gasteiger partial charge in [-0.3, -0.25) is 0 Å². The Balaban J connectivity index is 1.24. The molecule has 0 bridgehead atoms. The van der Waals surface area contributed by atoms with Gasteiger partial charge in [0.2, 0.25) is 0 Å². The van der Waals surface area contributed by atoms with Crippen molar-refractivity contribution in [2.45, 2.75) is 0 Å². The topological polar surface area (TPSA) is 13.1 Å². The molecule has 238 valence electrons. The molecule has 0 aliphatic heterocycles. The zero-order chi connectivity index (χ0) is 33.5. The highest BCUT2D eigenvalue weighted by atomic mass is 32.1. The van der Waals surface area contributed by atoms with Crippen molar-refractivity contribution in [1.29, 1.82) is 0 Å². The monoisotopic (exact) mass is 684 g/mol. The Bertz CT molecular complexity index is 3010. The van der Waals surface area contributed by atoms with Crippen molar-refractivity contribution < 1.29 is 4.42 Å². The average molecular weight is 685 g/mol. The summed E-state index contributed by atoms with van der Waals surface area (Å²) in [4.78, 5) is 0. The van der Waals surface area contributed by atoms with Crippen LogP contribution in [0.15, 0.2) is 172 Å². The van der Waals surface area contributed by atoms with Gasteiger partial charge in [0.25, 0.3) is 0 Å². The highest BCUT2D eigenvalue weighted by molar-refractivity contribution is 7.08. The molecular formula is C48H28OS2. The molecule has 0 radical (unpaired) electrons. The van der Waals surface area contributed by atoms with Crippen molar-refractivity contribution in [3.05, 3.63) is 167 Å². The van der Waals surface area contributed by atoms with Crippen molar-refractivity contribution in [1.82, 2.24) is 0 Å². The molecule has 0 unspecified atom stereocenters. The summed E-state index contributed by atoms with van der Waals surface area (Å²) in [5, 5.41) is 21.2. The maximum atomic E-state index is 6.66. The SMILES string of the molecule is c1cc(-c2c3ccccc3c(-c3ccsc3)c3ccccc23)c2c(c1)oc1ccc(-c3c4ccccc4c(-c4ccsc4)c4ccccc34)cc12. The molecule has 0 aliphatic rings. The second kappa shape index (κ2) is 11.3. The molecule has 11 aromatic rings. The van der Waals surface area contributed by atoms with E-state index in [9.17, 15) is 0 Å². The highest BCUT2D eigenvalue weighted by Gasteiger charge is 2.22. The van der Waals surface area contributed by atoms with Crippen LogP contribution in [0.5, 0.6) is 0 Å². The van der Waals surface area contributed by atoms with Gasteiger partial charge in [-0.25, -0.2) is 0 Å². The van der Waals surface area contributed by atoms with Gasteiger partial charge in [0.1, 0.15) is 11.2 Å². The summed E-state index contributed by atoms with van der Waals surface area (Å²) in [6, 6.07) is 53.3. The van der Waals surface area contributed by atoms with Gasteiger partial charge in [-0.05, 0) is 139 Å². The van der Waals surface area contributed by atoms with Crippen LogP contribution in [0.4, 0.5) is 0 Å². The van der Waals surface area contributed by atoms with E-state index in [2.05, 4.69) is 167 Å². The summed E-state index contributed by atoms with van der Waals surface area (Å²) in [6.07, 6.45) is 0. The third-order valence-corrected chi connectivity index (χ3v) is 11.9. The number of rotatable bonds is 4.